The summed E-state index contributed by atoms with van der Waals surface area (Å²) in [5.74, 6) is 0.853. The van der Waals surface area contributed by atoms with E-state index in [0.29, 0.717) is 6.04 Å². The van der Waals surface area contributed by atoms with E-state index in [4.69, 9.17) is 0 Å². The van der Waals surface area contributed by atoms with Gasteiger partial charge in [0.05, 0.1) is 6.04 Å². The molecule has 1 N–H and O–H groups in total. The molecule has 1 aliphatic rings. The fourth-order valence-electron chi connectivity index (χ4n) is 1.88. The number of hydrogen-bond donors (Lipinski definition) is 1. The van der Waals surface area contributed by atoms with Gasteiger partial charge in [0.25, 0.3) is 0 Å². The predicted octanol–water partition coefficient (Wildman–Crippen LogP) is 0.550. The molecule has 1 aromatic heterocycles. The van der Waals surface area contributed by atoms with E-state index < -0.39 is 0 Å². The van der Waals surface area contributed by atoms with Crippen molar-refractivity contribution in [2.24, 2.45) is 0 Å². The largest absolute Gasteiger partial charge is 0.319 e. The van der Waals surface area contributed by atoms with E-state index in [2.05, 4.69) is 20.7 Å². The van der Waals surface area contributed by atoms with Crippen molar-refractivity contribution in [1.29, 1.82) is 0 Å². The Morgan fingerprint density at radius 1 is 1.43 bits per heavy atom. The summed E-state index contributed by atoms with van der Waals surface area (Å²) in [4.78, 5) is 1.80. The van der Waals surface area contributed by atoms with Crippen molar-refractivity contribution in [3.63, 3.8) is 0 Å². The third-order valence-electron chi connectivity index (χ3n) is 2.72. The Balaban J connectivity index is 1.94. The summed E-state index contributed by atoms with van der Waals surface area (Å²) in [6.45, 7) is 0.913. The lowest BCUT2D eigenvalue weighted by atomic mass is 10.3. The Kier molecular flexibility index (Phi) is 3.08. The van der Waals surface area contributed by atoms with Gasteiger partial charge in [-0.3, -0.25) is 0 Å². The molecule has 0 unspecified atom stereocenters. The standard InChI is InChI=1S/C9H17N5/c1-10-7-6-9-11-13-14(12-9)8-4-2-3-5-8/h8,10H,2-7H2,1H3. The zero-order valence-corrected chi connectivity index (χ0v) is 8.61. The number of tetrazole rings is 1. The van der Waals surface area contributed by atoms with Gasteiger partial charge in [-0.1, -0.05) is 12.8 Å². The average molecular weight is 195 g/mol. The van der Waals surface area contributed by atoms with Crippen LogP contribution in [0.4, 0.5) is 0 Å². The van der Waals surface area contributed by atoms with E-state index in [1.165, 1.54) is 25.7 Å². The summed E-state index contributed by atoms with van der Waals surface area (Å²) in [6, 6.07) is 0.505. The van der Waals surface area contributed by atoms with E-state index in [9.17, 15) is 0 Å². The maximum atomic E-state index is 4.38. The third-order valence-corrected chi connectivity index (χ3v) is 2.72. The minimum atomic E-state index is 0.505. The molecule has 5 heteroatoms. The molecule has 2 rings (SSSR count). The molecule has 1 heterocycles. The Bertz CT molecular complexity index is 276. The van der Waals surface area contributed by atoms with Gasteiger partial charge < -0.3 is 5.32 Å². The molecule has 14 heavy (non-hydrogen) atoms. The maximum Gasteiger partial charge on any atom is 0.176 e. The highest BCUT2D eigenvalue weighted by Crippen LogP contribution is 2.27. The van der Waals surface area contributed by atoms with Gasteiger partial charge in [-0.05, 0) is 25.1 Å². The van der Waals surface area contributed by atoms with E-state index in [-0.39, 0.29) is 0 Å². The fraction of sp³-hybridized carbons (Fsp3) is 0.889. The van der Waals surface area contributed by atoms with Crippen LogP contribution in [0.1, 0.15) is 37.5 Å². The smallest absolute Gasteiger partial charge is 0.176 e. The molecule has 0 amide bonds. The zero-order valence-electron chi connectivity index (χ0n) is 8.61. The van der Waals surface area contributed by atoms with Crippen molar-refractivity contribution >= 4 is 0 Å². The van der Waals surface area contributed by atoms with Crippen LogP contribution in [-0.2, 0) is 6.42 Å². The molecule has 0 aliphatic heterocycles. The zero-order chi connectivity index (χ0) is 9.80. The van der Waals surface area contributed by atoms with Crippen LogP contribution in [0.2, 0.25) is 0 Å². The summed E-state index contributed by atoms with van der Waals surface area (Å²) in [6.07, 6.45) is 5.89. The lowest BCUT2D eigenvalue weighted by Crippen LogP contribution is -2.12. The Hall–Kier alpha value is -0.970. The number of hydrogen-bond acceptors (Lipinski definition) is 4. The van der Waals surface area contributed by atoms with E-state index in [0.717, 1.165) is 18.8 Å². The van der Waals surface area contributed by atoms with Crippen molar-refractivity contribution in [3.8, 4) is 0 Å². The Labute approximate surface area is 83.9 Å². The quantitative estimate of drug-likeness (QED) is 0.762. The second-order valence-corrected chi connectivity index (χ2v) is 3.82. The number of nitrogens with one attached hydrogen (secondary N) is 1. The van der Waals surface area contributed by atoms with Crippen LogP contribution in [0.15, 0.2) is 0 Å². The topological polar surface area (TPSA) is 55.6 Å². The Morgan fingerprint density at radius 2 is 2.21 bits per heavy atom. The number of aromatic nitrogens is 4. The summed E-state index contributed by atoms with van der Waals surface area (Å²) < 4.78 is 0. The van der Waals surface area contributed by atoms with Gasteiger partial charge in [0.1, 0.15) is 0 Å². The average Bonchev–Trinajstić information content (AvgIpc) is 2.85. The van der Waals surface area contributed by atoms with Gasteiger partial charge in [-0.25, -0.2) is 0 Å². The van der Waals surface area contributed by atoms with Gasteiger partial charge in [0, 0.05) is 13.0 Å². The minimum absolute atomic E-state index is 0.505. The lowest BCUT2D eigenvalue weighted by molar-refractivity contribution is 0.403. The van der Waals surface area contributed by atoms with Crippen LogP contribution in [0, 0.1) is 0 Å². The molecule has 5 nitrogen and oxygen atoms in total. The van der Waals surface area contributed by atoms with Crippen LogP contribution in [0.25, 0.3) is 0 Å². The molecule has 0 saturated heterocycles. The minimum Gasteiger partial charge on any atom is -0.319 e. The molecule has 1 fully saturated rings. The molecular weight excluding hydrogens is 178 g/mol. The molecule has 0 atom stereocenters. The molecule has 0 aromatic carbocycles. The first-order chi connectivity index (χ1) is 6.90. The van der Waals surface area contributed by atoms with Crippen molar-refractivity contribution < 1.29 is 0 Å². The van der Waals surface area contributed by atoms with Crippen LogP contribution in [-0.4, -0.2) is 33.8 Å². The summed E-state index contributed by atoms with van der Waals surface area (Å²) in [5, 5.41) is 15.6. The van der Waals surface area contributed by atoms with E-state index in [1.807, 2.05) is 7.05 Å². The van der Waals surface area contributed by atoms with E-state index in [1.54, 1.807) is 4.80 Å². The highest BCUT2D eigenvalue weighted by atomic mass is 15.6. The summed E-state index contributed by atoms with van der Waals surface area (Å²) in [5.41, 5.74) is 0. The van der Waals surface area contributed by atoms with Crippen LogP contribution in [0.3, 0.4) is 0 Å². The van der Waals surface area contributed by atoms with Crippen molar-refractivity contribution in [3.05, 3.63) is 5.82 Å². The maximum absolute atomic E-state index is 4.38. The van der Waals surface area contributed by atoms with Crippen molar-refractivity contribution in [2.75, 3.05) is 13.6 Å². The Morgan fingerprint density at radius 3 is 2.93 bits per heavy atom. The SMILES string of the molecule is CNCCc1nnn(C2CCCC2)n1. The first-order valence-electron chi connectivity index (χ1n) is 5.33. The van der Waals surface area contributed by atoms with Gasteiger partial charge >= 0.3 is 0 Å². The number of rotatable bonds is 4. The van der Waals surface area contributed by atoms with Crippen LogP contribution in [0.5, 0.6) is 0 Å². The summed E-state index contributed by atoms with van der Waals surface area (Å²) in [7, 11) is 1.93. The summed E-state index contributed by atoms with van der Waals surface area (Å²) >= 11 is 0. The van der Waals surface area contributed by atoms with Gasteiger partial charge in [-0.15, -0.1) is 10.2 Å². The molecular formula is C9H17N5. The molecule has 1 aliphatic carbocycles. The molecule has 0 spiro atoms. The third kappa shape index (κ3) is 2.09. The molecule has 1 aromatic rings. The normalized spacial score (nSPS) is 17.8. The molecule has 78 valence electrons. The highest BCUT2D eigenvalue weighted by Gasteiger charge is 2.19. The van der Waals surface area contributed by atoms with Crippen molar-refractivity contribution in [1.82, 2.24) is 25.5 Å². The van der Waals surface area contributed by atoms with Crippen LogP contribution < -0.4 is 5.32 Å². The molecule has 0 bridgehead atoms. The fourth-order valence-corrected chi connectivity index (χ4v) is 1.88. The van der Waals surface area contributed by atoms with Crippen LogP contribution >= 0.6 is 0 Å². The van der Waals surface area contributed by atoms with Gasteiger partial charge in [0.15, 0.2) is 5.82 Å². The first-order valence-corrected chi connectivity index (χ1v) is 5.33. The number of likely N-dealkylation sites (N-methyl/N-ethyl adjacent to an activating group) is 1. The highest BCUT2D eigenvalue weighted by molar-refractivity contribution is 4.80. The van der Waals surface area contributed by atoms with Gasteiger partial charge in [-0.2, -0.15) is 4.80 Å². The lowest BCUT2D eigenvalue weighted by Gasteiger charge is -2.04. The monoisotopic (exact) mass is 195 g/mol. The molecule has 1 saturated carbocycles. The second kappa shape index (κ2) is 4.50. The number of nitrogens with zero attached hydrogens (tertiary/aromatic N) is 4. The first kappa shape index (κ1) is 9.58. The van der Waals surface area contributed by atoms with Gasteiger partial charge in [0.2, 0.25) is 0 Å². The van der Waals surface area contributed by atoms with E-state index >= 15 is 0 Å². The second-order valence-electron chi connectivity index (χ2n) is 3.82. The van der Waals surface area contributed by atoms with Crippen molar-refractivity contribution in [2.45, 2.75) is 38.1 Å². The molecule has 0 radical (unpaired) electrons. The predicted molar refractivity (Wildman–Crippen MR) is 53.0 cm³/mol.